The van der Waals surface area contributed by atoms with Gasteiger partial charge in [0.05, 0.1) is 6.61 Å². The molecule has 6 nitrogen and oxygen atoms in total. The molecular formula is C21H20F2N4O2. The molecule has 29 heavy (non-hydrogen) atoms. The molecule has 0 fully saturated rings. The second-order valence-corrected chi connectivity index (χ2v) is 6.56. The van der Waals surface area contributed by atoms with Crippen LogP contribution < -0.4 is 14.8 Å². The second-order valence-electron chi connectivity index (χ2n) is 6.56. The van der Waals surface area contributed by atoms with Crippen molar-refractivity contribution in [3.8, 4) is 11.5 Å². The molecule has 1 atom stereocenters. The van der Waals surface area contributed by atoms with Crippen LogP contribution in [0.2, 0.25) is 0 Å². The molecule has 0 radical (unpaired) electrons. The average molecular weight is 398 g/mol. The molecule has 0 unspecified atom stereocenters. The molecule has 0 saturated carbocycles. The topological polar surface area (TPSA) is 61.2 Å². The van der Waals surface area contributed by atoms with Gasteiger partial charge in [-0.25, -0.2) is 4.68 Å². The Morgan fingerprint density at radius 2 is 1.93 bits per heavy atom. The highest BCUT2D eigenvalue weighted by Crippen LogP contribution is 2.37. The standard InChI is InChI=1S/C21H20F2N4O2/c1-3-28-19-10-15(8-9-18(19)29-20(22)23)17-11-16(14-6-4-13(2)5-7-14)26-21-24-12-25-27(17)21/h4-12,17,20H,3H2,1-2H3,(H,24,25,26)/t17-/m1/s1. The van der Waals surface area contributed by atoms with Crippen LogP contribution >= 0.6 is 0 Å². The molecule has 0 aliphatic carbocycles. The first-order chi connectivity index (χ1) is 14.0. The second kappa shape index (κ2) is 7.90. The van der Waals surface area contributed by atoms with Gasteiger partial charge in [0.1, 0.15) is 12.4 Å². The first-order valence-corrected chi connectivity index (χ1v) is 9.22. The maximum atomic E-state index is 12.7. The maximum absolute atomic E-state index is 12.7. The fourth-order valence-corrected chi connectivity index (χ4v) is 3.24. The van der Waals surface area contributed by atoms with Crippen LogP contribution in [-0.4, -0.2) is 28.0 Å². The minimum Gasteiger partial charge on any atom is -0.490 e. The third kappa shape index (κ3) is 3.91. The van der Waals surface area contributed by atoms with Crippen molar-refractivity contribution in [1.29, 1.82) is 0 Å². The SMILES string of the molecule is CCOc1cc([C@H]2C=C(c3ccc(C)cc3)Nc3ncnn32)ccc1OC(F)F. The molecule has 0 spiro atoms. The summed E-state index contributed by atoms with van der Waals surface area (Å²) < 4.78 is 37.2. The van der Waals surface area contributed by atoms with Crippen LogP contribution in [-0.2, 0) is 0 Å². The Bertz CT molecular complexity index is 1030. The first-order valence-electron chi connectivity index (χ1n) is 9.22. The number of halogens is 2. The van der Waals surface area contributed by atoms with E-state index in [1.165, 1.54) is 18.0 Å². The molecule has 8 heteroatoms. The molecule has 150 valence electrons. The molecule has 0 amide bonds. The third-order valence-electron chi connectivity index (χ3n) is 4.60. The van der Waals surface area contributed by atoms with E-state index in [1.54, 1.807) is 23.7 Å². The minimum atomic E-state index is -2.92. The number of ether oxygens (including phenoxy) is 2. The van der Waals surface area contributed by atoms with Gasteiger partial charge in [-0.3, -0.25) is 0 Å². The van der Waals surface area contributed by atoms with Gasteiger partial charge in [0.25, 0.3) is 0 Å². The number of nitrogens with one attached hydrogen (secondary N) is 1. The predicted molar refractivity (Wildman–Crippen MR) is 105 cm³/mol. The largest absolute Gasteiger partial charge is 0.490 e. The molecule has 1 aromatic heterocycles. The summed E-state index contributed by atoms with van der Waals surface area (Å²) in [6.07, 6.45) is 3.49. The molecule has 1 aliphatic heterocycles. The van der Waals surface area contributed by atoms with Crippen molar-refractivity contribution < 1.29 is 18.3 Å². The Kier molecular flexibility index (Phi) is 5.16. The van der Waals surface area contributed by atoms with Crippen molar-refractivity contribution in [2.45, 2.75) is 26.5 Å². The molecule has 4 rings (SSSR count). The summed E-state index contributed by atoms with van der Waals surface area (Å²) >= 11 is 0. The Morgan fingerprint density at radius 1 is 1.14 bits per heavy atom. The summed E-state index contributed by atoms with van der Waals surface area (Å²) in [4.78, 5) is 4.29. The quantitative estimate of drug-likeness (QED) is 0.655. The first kappa shape index (κ1) is 18.9. The molecule has 3 aromatic rings. The fraction of sp³-hybridized carbons (Fsp3) is 0.238. The van der Waals surface area contributed by atoms with Crippen molar-refractivity contribution in [3.05, 3.63) is 71.6 Å². The zero-order valence-electron chi connectivity index (χ0n) is 16.0. The van der Waals surface area contributed by atoms with Crippen LogP contribution in [0.25, 0.3) is 5.70 Å². The molecule has 0 saturated heterocycles. The third-order valence-corrected chi connectivity index (χ3v) is 4.60. The van der Waals surface area contributed by atoms with Crippen molar-refractivity contribution >= 4 is 11.6 Å². The monoisotopic (exact) mass is 398 g/mol. The highest BCUT2D eigenvalue weighted by Gasteiger charge is 2.25. The van der Waals surface area contributed by atoms with E-state index in [0.717, 1.165) is 16.8 Å². The van der Waals surface area contributed by atoms with E-state index in [4.69, 9.17) is 4.74 Å². The van der Waals surface area contributed by atoms with Gasteiger partial charge in [0.2, 0.25) is 5.95 Å². The van der Waals surface area contributed by atoms with Crippen molar-refractivity contribution in [1.82, 2.24) is 14.8 Å². The lowest BCUT2D eigenvalue weighted by molar-refractivity contribution is -0.0514. The van der Waals surface area contributed by atoms with E-state index < -0.39 is 6.61 Å². The fourth-order valence-electron chi connectivity index (χ4n) is 3.24. The predicted octanol–water partition coefficient (Wildman–Crippen LogP) is 4.64. The van der Waals surface area contributed by atoms with Crippen molar-refractivity contribution in [2.75, 3.05) is 11.9 Å². The van der Waals surface area contributed by atoms with Crippen LogP contribution in [0.4, 0.5) is 14.7 Å². The van der Waals surface area contributed by atoms with E-state index in [0.29, 0.717) is 12.6 Å². The van der Waals surface area contributed by atoms with Gasteiger partial charge >= 0.3 is 6.61 Å². The van der Waals surface area contributed by atoms with E-state index >= 15 is 0 Å². The molecule has 0 bridgehead atoms. The lowest BCUT2D eigenvalue weighted by Crippen LogP contribution is -2.20. The molecular weight excluding hydrogens is 378 g/mol. The summed E-state index contributed by atoms with van der Waals surface area (Å²) in [6.45, 7) is 1.22. The lowest BCUT2D eigenvalue weighted by atomic mass is 10.0. The highest BCUT2D eigenvalue weighted by molar-refractivity contribution is 5.77. The average Bonchev–Trinajstić information content (AvgIpc) is 3.18. The number of alkyl halides is 2. The minimum absolute atomic E-state index is 0.00101. The van der Waals surface area contributed by atoms with E-state index in [1.807, 2.05) is 37.3 Å². The number of benzene rings is 2. The van der Waals surface area contributed by atoms with E-state index in [9.17, 15) is 8.78 Å². The van der Waals surface area contributed by atoms with Crippen LogP contribution in [0.15, 0.2) is 54.9 Å². The van der Waals surface area contributed by atoms with Gasteiger partial charge in [0.15, 0.2) is 11.5 Å². The van der Waals surface area contributed by atoms with Gasteiger partial charge in [-0.1, -0.05) is 35.9 Å². The molecule has 2 heterocycles. The molecule has 1 N–H and O–H groups in total. The van der Waals surface area contributed by atoms with E-state index in [2.05, 4.69) is 20.1 Å². The Labute approximate surface area is 166 Å². The summed E-state index contributed by atoms with van der Waals surface area (Å²) in [5, 5.41) is 7.59. The number of rotatable bonds is 6. The van der Waals surface area contributed by atoms with E-state index in [-0.39, 0.29) is 17.5 Å². The van der Waals surface area contributed by atoms with Crippen LogP contribution in [0.5, 0.6) is 11.5 Å². The number of allylic oxidation sites excluding steroid dienone is 1. The number of fused-ring (bicyclic) bond motifs is 1. The summed E-state index contributed by atoms with van der Waals surface area (Å²) in [5.74, 6) is 0.857. The van der Waals surface area contributed by atoms with Gasteiger partial charge < -0.3 is 14.8 Å². The van der Waals surface area contributed by atoms with Crippen LogP contribution in [0.3, 0.4) is 0 Å². The Hall–Kier alpha value is -3.42. The lowest BCUT2D eigenvalue weighted by Gasteiger charge is -2.25. The van der Waals surface area contributed by atoms with Gasteiger partial charge in [-0.2, -0.15) is 18.9 Å². The smallest absolute Gasteiger partial charge is 0.387 e. The number of aromatic nitrogens is 3. The zero-order chi connectivity index (χ0) is 20.4. The van der Waals surface area contributed by atoms with Gasteiger partial charge in [0, 0.05) is 5.70 Å². The number of aryl methyl sites for hydroxylation is 1. The summed E-state index contributed by atoms with van der Waals surface area (Å²) in [5.41, 5.74) is 3.88. The van der Waals surface area contributed by atoms with Crippen molar-refractivity contribution in [3.63, 3.8) is 0 Å². The maximum Gasteiger partial charge on any atom is 0.387 e. The van der Waals surface area contributed by atoms with Crippen molar-refractivity contribution in [2.24, 2.45) is 0 Å². The number of hydrogen-bond acceptors (Lipinski definition) is 5. The summed E-state index contributed by atoms with van der Waals surface area (Å²) in [6, 6.07) is 12.8. The Balaban J connectivity index is 1.76. The number of nitrogens with zero attached hydrogens (tertiary/aromatic N) is 3. The van der Waals surface area contributed by atoms with Gasteiger partial charge in [-0.15, -0.1) is 0 Å². The number of hydrogen-bond donors (Lipinski definition) is 1. The Morgan fingerprint density at radius 3 is 2.66 bits per heavy atom. The molecule has 1 aliphatic rings. The normalized spacial score (nSPS) is 15.5. The van der Waals surface area contributed by atoms with Crippen LogP contribution in [0, 0.1) is 6.92 Å². The number of anilines is 1. The highest BCUT2D eigenvalue weighted by atomic mass is 19.3. The zero-order valence-corrected chi connectivity index (χ0v) is 16.0. The van der Waals surface area contributed by atoms with Gasteiger partial charge in [-0.05, 0) is 43.2 Å². The summed E-state index contributed by atoms with van der Waals surface area (Å²) in [7, 11) is 0. The van der Waals surface area contributed by atoms with Crippen LogP contribution in [0.1, 0.15) is 29.7 Å². The molecule has 2 aromatic carbocycles.